The Morgan fingerprint density at radius 2 is 1.11 bits per heavy atom. The van der Waals surface area contributed by atoms with Crippen LogP contribution >= 0.6 is 0 Å². The SMILES string of the molecule is Cc1ccc(C(=O)N(C(=O)N(C=C(c2ccccc2)c2ccccc2)C(C)C)c2ccccc2)cc1. The quantitative estimate of drug-likeness (QED) is 0.289. The van der Waals surface area contributed by atoms with Gasteiger partial charge in [0.1, 0.15) is 0 Å². The molecule has 0 saturated carbocycles. The second-order valence-electron chi connectivity index (χ2n) is 8.90. The highest BCUT2D eigenvalue weighted by atomic mass is 16.2. The van der Waals surface area contributed by atoms with E-state index in [0.717, 1.165) is 22.3 Å². The Morgan fingerprint density at radius 1 is 0.639 bits per heavy atom. The summed E-state index contributed by atoms with van der Waals surface area (Å²) >= 11 is 0. The Bertz CT molecular complexity index is 1290. The average molecular weight is 475 g/mol. The van der Waals surface area contributed by atoms with Gasteiger partial charge in [0.05, 0.1) is 5.69 Å². The first-order chi connectivity index (χ1) is 17.5. The van der Waals surface area contributed by atoms with E-state index < -0.39 is 6.03 Å². The van der Waals surface area contributed by atoms with Crippen molar-refractivity contribution in [2.45, 2.75) is 26.8 Å². The third-order valence-corrected chi connectivity index (χ3v) is 5.92. The van der Waals surface area contributed by atoms with Gasteiger partial charge in [0, 0.05) is 23.4 Å². The van der Waals surface area contributed by atoms with E-state index in [0.29, 0.717) is 11.3 Å². The molecule has 4 nitrogen and oxygen atoms in total. The number of hydrogen-bond acceptors (Lipinski definition) is 2. The van der Waals surface area contributed by atoms with Gasteiger partial charge in [-0.2, -0.15) is 0 Å². The third-order valence-electron chi connectivity index (χ3n) is 5.92. The van der Waals surface area contributed by atoms with Crippen molar-refractivity contribution in [3.63, 3.8) is 0 Å². The molecule has 4 rings (SSSR count). The largest absolute Gasteiger partial charge is 0.335 e. The van der Waals surface area contributed by atoms with Crippen molar-refractivity contribution in [2.24, 2.45) is 0 Å². The van der Waals surface area contributed by atoms with E-state index in [1.807, 2.05) is 118 Å². The van der Waals surface area contributed by atoms with E-state index in [4.69, 9.17) is 0 Å². The molecule has 36 heavy (non-hydrogen) atoms. The first kappa shape index (κ1) is 24.7. The maximum absolute atomic E-state index is 14.2. The molecule has 0 aliphatic rings. The number of urea groups is 1. The Kier molecular flexibility index (Phi) is 7.76. The Labute approximate surface area is 213 Å². The van der Waals surface area contributed by atoms with Gasteiger partial charge in [-0.1, -0.05) is 96.6 Å². The van der Waals surface area contributed by atoms with E-state index in [2.05, 4.69) is 0 Å². The average Bonchev–Trinajstić information content (AvgIpc) is 2.91. The summed E-state index contributed by atoms with van der Waals surface area (Å²) in [5.41, 5.74) is 4.89. The van der Waals surface area contributed by atoms with Crippen LogP contribution in [0.2, 0.25) is 0 Å². The van der Waals surface area contributed by atoms with E-state index in [9.17, 15) is 9.59 Å². The second-order valence-corrected chi connectivity index (χ2v) is 8.90. The molecular weight excluding hydrogens is 444 g/mol. The van der Waals surface area contributed by atoms with Gasteiger partial charge in [0.15, 0.2) is 0 Å². The van der Waals surface area contributed by atoms with Crippen LogP contribution < -0.4 is 4.90 Å². The third kappa shape index (κ3) is 5.61. The lowest BCUT2D eigenvalue weighted by atomic mass is 9.98. The van der Waals surface area contributed by atoms with Crippen LogP contribution in [0.5, 0.6) is 0 Å². The van der Waals surface area contributed by atoms with Crippen molar-refractivity contribution in [1.29, 1.82) is 0 Å². The predicted molar refractivity (Wildman–Crippen MR) is 147 cm³/mol. The summed E-state index contributed by atoms with van der Waals surface area (Å²) in [4.78, 5) is 30.8. The molecule has 4 heteroatoms. The molecule has 0 N–H and O–H groups in total. The first-order valence-electron chi connectivity index (χ1n) is 12.1. The van der Waals surface area contributed by atoms with Crippen molar-refractivity contribution in [2.75, 3.05) is 4.90 Å². The topological polar surface area (TPSA) is 40.6 Å². The minimum atomic E-state index is -0.411. The lowest BCUT2D eigenvalue weighted by molar-refractivity contribution is 0.0987. The standard InChI is InChI=1S/C32H30N2O2/c1-24(2)33(23-30(26-13-7-4-8-14-26)27-15-9-5-10-16-27)32(36)34(29-17-11-6-12-18-29)31(35)28-21-19-25(3)20-22-28/h4-24H,1-3H3. The zero-order valence-corrected chi connectivity index (χ0v) is 20.8. The molecule has 0 spiro atoms. The van der Waals surface area contributed by atoms with Crippen LogP contribution in [-0.4, -0.2) is 22.9 Å². The number of rotatable bonds is 6. The fourth-order valence-corrected chi connectivity index (χ4v) is 3.95. The highest BCUT2D eigenvalue weighted by Crippen LogP contribution is 2.27. The zero-order chi connectivity index (χ0) is 25.5. The molecule has 0 saturated heterocycles. The van der Waals surface area contributed by atoms with E-state index in [-0.39, 0.29) is 11.9 Å². The van der Waals surface area contributed by atoms with Crippen molar-refractivity contribution in [1.82, 2.24) is 4.90 Å². The number of benzene rings is 4. The van der Waals surface area contributed by atoms with Crippen LogP contribution in [0.15, 0.2) is 121 Å². The Hall–Kier alpha value is -4.44. The van der Waals surface area contributed by atoms with Crippen LogP contribution in [-0.2, 0) is 0 Å². The monoisotopic (exact) mass is 474 g/mol. The lowest BCUT2D eigenvalue weighted by Gasteiger charge is -2.31. The molecule has 0 aliphatic heterocycles. The predicted octanol–water partition coefficient (Wildman–Crippen LogP) is 7.56. The normalized spacial score (nSPS) is 10.6. The zero-order valence-electron chi connectivity index (χ0n) is 20.8. The van der Waals surface area contributed by atoms with Crippen LogP contribution in [0.4, 0.5) is 10.5 Å². The fraction of sp³-hybridized carbons (Fsp3) is 0.125. The molecule has 4 aromatic carbocycles. The van der Waals surface area contributed by atoms with Gasteiger partial charge in [-0.05, 0) is 56.2 Å². The number of carbonyl (C=O) groups excluding carboxylic acids is 2. The number of para-hydroxylation sites is 1. The molecule has 0 fully saturated rings. The summed E-state index contributed by atoms with van der Waals surface area (Å²) in [6, 6.07) is 35.7. The van der Waals surface area contributed by atoms with Crippen LogP contribution in [0.3, 0.4) is 0 Å². The summed E-state index contributed by atoms with van der Waals surface area (Å²) in [7, 11) is 0. The Balaban J connectivity index is 1.82. The fourth-order valence-electron chi connectivity index (χ4n) is 3.95. The maximum Gasteiger partial charge on any atom is 0.335 e. The van der Waals surface area contributed by atoms with Crippen molar-refractivity contribution in [3.8, 4) is 0 Å². The summed E-state index contributed by atoms with van der Waals surface area (Å²) in [5, 5.41) is 0. The van der Waals surface area contributed by atoms with E-state index in [1.165, 1.54) is 4.90 Å². The van der Waals surface area contributed by atoms with Gasteiger partial charge in [-0.3, -0.25) is 9.69 Å². The number of anilines is 1. The van der Waals surface area contributed by atoms with Crippen LogP contribution in [0.25, 0.3) is 5.57 Å². The molecule has 0 unspecified atom stereocenters. The van der Waals surface area contributed by atoms with Gasteiger partial charge in [0.2, 0.25) is 0 Å². The van der Waals surface area contributed by atoms with Gasteiger partial charge in [0.25, 0.3) is 5.91 Å². The summed E-state index contributed by atoms with van der Waals surface area (Å²) in [6.45, 7) is 5.86. The molecule has 3 amide bonds. The molecule has 180 valence electrons. The summed E-state index contributed by atoms with van der Waals surface area (Å²) < 4.78 is 0. The molecule has 4 aromatic rings. The number of aryl methyl sites for hydroxylation is 1. The highest BCUT2D eigenvalue weighted by molar-refractivity contribution is 6.21. The molecule has 0 heterocycles. The van der Waals surface area contributed by atoms with Crippen LogP contribution in [0, 0.1) is 6.92 Å². The second kappa shape index (κ2) is 11.3. The minimum Gasteiger partial charge on any atom is -0.297 e. The number of imide groups is 1. The lowest BCUT2D eigenvalue weighted by Crippen LogP contribution is -2.47. The maximum atomic E-state index is 14.2. The molecule has 0 atom stereocenters. The highest BCUT2D eigenvalue weighted by Gasteiger charge is 2.30. The van der Waals surface area contributed by atoms with Crippen molar-refractivity contribution < 1.29 is 9.59 Å². The first-order valence-corrected chi connectivity index (χ1v) is 12.1. The number of hydrogen-bond donors (Lipinski definition) is 0. The van der Waals surface area contributed by atoms with Crippen LogP contribution in [0.1, 0.15) is 40.9 Å². The Morgan fingerprint density at radius 3 is 1.58 bits per heavy atom. The van der Waals surface area contributed by atoms with E-state index >= 15 is 0 Å². The summed E-state index contributed by atoms with van der Waals surface area (Å²) in [5.74, 6) is -0.369. The van der Waals surface area contributed by atoms with Gasteiger partial charge in [-0.15, -0.1) is 0 Å². The van der Waals surface area contributed by atoms with Crippen molar-refractivity contribution in [3.05, 3.63) is 144 Å². The molecule has 0 radical (unpaired) electrons. The van der Waals surface area contributed by atoms with E-state index in [1.54, 1.807) is 29.2 Å². The molecule has 0 aliphatic carbocycles. The minimum absolute atomic E-state index is 0.197. The number of nitrogens with zero attached hydrogens (tertiary/aromatic N) is 2. The molecule has 0 bridgehead atoms. The molecule has 0 aromatic heterocycles. The number of amides is 3. The summed E-state index contributed by atoms with van der Waals surface area (Å²) in [6.07, 6.45) is 1.86. The smallest absolute Gasteiger partial charge is 0.297 e. The van der Waals surface area contributed by atoms with Gasteiger partial charge < -0.3 is 0 Å². The number of carbonyl (C=O) groups is 2. The van der Waals surface area contributed by atoms with Crippen molar-refractivity contribution >= 4 is 23.2 Å². The molecular formula is C32H30N2O2. The van der Waals surface area contributed by atoms with Gasteiger partial charge >= 0.3 is 6.03 Å². The van der Waals surface area contributed by atoms with Gasteiger partial charge in [-0.25, -0.2) is 9.69 Å².